The monoisotopic (exact) mass is 428 g/mol. The third-order valence-electron chi connectivity index (χ3n) is 4.82. The third kappa shape index (κ3) is 4.38. The number of nitrogens with zero attached hydrogens (tertiary/aromatic N) is 1. The Morgan fingerprint density at radius 2 is 1.83 bits per heavy atom. The van der Waals surface area contributed by atoms with E-state index in [0.29, 0.717) is 12.0 Å². The highest BCUT2D eigenvalue weighted by molar-refractivity contribution is 7.64. The maximum absolute atomic E-state index is 15.3. The zero-order chi connectivity index (χ0) is 21.3. The molecule has 0 saturated carbocycles. The molecule has 1 aliphatic rings. The molecule has 2 aromatic rings. The number of carbonyl (C=O) groups excluding carboxylic acids is 1. The van der Waals surface area contributed by atoms with Crippen molar-refractivity contribution < 1.29 is 27.1 Å². The summed E-state index contributed by atoms with van der Waals surface area (Å²) in [5.41, 5.74) is 0.268. The Hall–Kier alpha value is -2.18. The summed E-state index contributed by atoms with van der Waals surface area (Å²) in [5, 5.41) is 3.65. The van der Waals surface area contributed by atoms with E-state index < -0.39 is 31.9 Å². The number of hydrogen-bond donors (Lipinski definition) is 1. The zero-order valence-electron chi connectivity index (χ0n) is 16.2. The van der Waals surface area contributed by atoms with Crippen molar-refractivity contribution in [1.82, 2.24) is 5.32 Å². The predicted octanol–water partition coefficient (Wildman–Crippen LogP) is 4.08. The molecular weight excluding hydrogens is 407 g/mol. The molecule has 1 N–H and O–H groups in total. The van der Waals surface area contributed by atoms with E-state index in [1.54, 1.807) is 25.2 Å². The van der Waals surface area contributed by atoms with E-state index >= 15 is 4.39 Å². The molecule has 156 valence electrons. The van der Waals surface area contributed by atoms with Crippen molar-refractivity contribution in [3.8, 4) is 16.9 Å². The van der Waals surface area contributed by atoms with E-state index in [-0.39, 0.29) is 23.7 Å². The van der Waals surface area contributed by atoms with Gasteiger partial charge >= 0.3 is 6.36 Å². The average Bonchev–Trinajstić information content (AvgIpc) is 3.02. The summed E-state index contributed by atoms with van der Waals surface area (Å²) in [6.45, 7) is 4.13. The topological polar surface area (TPSA) is 41.6 Å². The molecule has 1 fully saturated rings. The molecule has 0 bridgehead atoms. The lowest BCUT2D eigenvalue weighted by Gasteiger charge is -2.23. The highest BCUT2D eigenvalue weighted by Gasteiger charge is 2.38. The Balaban J connectivity index is 2.17. The summed E-state index contributed by atoms with van der Waals surface area (Å²) < 4.78 is 58.7. The molecule has 1 saturated heterocycles. The van der Waals surface area contributed by atoms with E-state index in [1.807, 2.05) is 19.4 Å². The number of amides is 1. The van der Waals surface area contributed by atoms with Gasteiger partial charge in [-0.25, -0.2) is 4.39 Å². The molecule has 1 unspecified atom stereocenters. The van der Waals surface area contributed by atoms with Crippen molar-refractivity contribution in [2.75, 3.05) is 31.8 Å². The Labute approximate surface area is 167 Å². The summed E-state index contributed by atoms with van der Waals surface area (Å²) in [4.78, 5) is 13.6. The molecule has 9 heteroatoms. The molecule has 0 spiro atoms. The number of hydrogen-bond acceptors (Lipinski definition) is 3. The Morgan fingerprint density at radius 3 is 2.41 bits per heavy atom. The Bertz CT molecular complexity index is 918. The highest BCUT2D eigenvalue weighted by atomic mass is 31.1. The van der Waals surface area contributed by atoms with Crippen LogP contribution in [0.15, 0.2) is 36.4 Å². The van der Waals surface area contributed by atoms with Gasteiger partial charge in [-0.05, 0) is 49.8 Å². The maximum atomic E-state index is 15.3. The molecular formula is C20H21F4N2O2P. The van der Waals surface area contributed by atoms with E-state index in [2.05, 4.69) is 10.1 Å². The minimum absolute atomic E-state index is 0.00666. The molecule has 1 amide bonds. The summed E-state index contributed by atoms with van der Waals surface area (Å²) in [6.07, 6.45) is -4.64. The number of halogens is 4. The lowest BCUT2D eigenvalue weighted by molar-refractivity contribution is -0.275. The molecule has 2 aromatic carbocycles. The molecule has 1 aliphatic heterocycles. The lowest BCUT2D eigenvalue weighted by atomic mass is 10.0. The first-order chi connectivity index (χ1) is 13.6. The molecule has 29 heavy (non-hydrogen) atoms. The van der Waals surface area contributed by atoms with Crippen LogP contribution in [0.5, 0.6) is 5.75 Å². The normalized spacial score (nSPS) is 17.3. The summed E-state index contributed by atoms with van der Waals surface area (Å²) in [5.74, 6) is -2.50. The highest BCUT2D eigenvalue weighted by Crippen LogP contribution is 2.42. The van der Waals surface area contributed by atoms with E-state index in [0.717, 1.165) is 10.2 Å². The standard InChI is InChI=1S/C20H21F4N2O2P/c1-25-14-10-11-26(19(14)27)15-9-8-13(18(17(15)21)28-20(22,23)24)12-6-4-5-7-16(12)29(2)3/h4-9,14,25H,10-11H2,1-3H3. The van der Waals surface area contributed by atoms with Gasteiger partial charge in [0.15, 0.2) is 11.6 Å². The fourth-order valence-electron chi connectivity index (χ4n) is 3.46. The van der Waals surface area contributed by atoms with Crippen molar-refractivity contribution in [2.45, 2.75) is 18.8 Å². The van der Waals surface area contributed by atoms with E-state index in [4.69, 9.17) is 0 Å². The number of benzene rings is 2. The van der Waals surface area contributed by atoms with Gasteiger partial charge in [0.2, 0.25) is 5.91 Å². The van der Waals surface area contributed by atoms with Gasteiger partial charge in [0, 0.05) is 12.1 Å². The Kier molecular flexibility index (Phi) is 6.15. The largest absolute Gasteiger partial charge is 0.573 e. The first kappa shape index (κ1) is 21.5. The summed E-state index contributed by atoms with van der Waals surface area (Å²) >= 11 is 0. The number of alkyl halides is 3. The van der Waals surface area contributed by atoms with Crippen LogP contribution >= 0.6 is 7.92 Å². The van der Waals surface area contributed by atoms with Crippen molar-refractivity contribution in [3.05, 3.63) is 42.2 Å². The number of anilines is 1. The van der Waals surface area contributed by atoms with Crippen LogP contribution in [-0.4, -0.2) is 45.2 Å². The third-order valence-corrected chi connectivity index (χ3v) is 6.17. The molecule has 1 heterocycles. The van der Waals surface area contributed by atoms with Crippen LogP contribution in [0.1, 0.15) is 6.42 Å². The Morgan fingerprint density at radius 1 is 1.14 bits per heavy atom. The second-order valence-corrected chi connectivity index (χ2v) is 9.13. The number of likely N-dealkylation sites (N-methyl/N-ethyl adjacent to an activating group) is 1. The van der Waals surface area contributed by atoms with Crippen LogP contribution in [0.2, 0.25) is 0 Å². The van der Waals surface area contributed by atoms with Gasteiger partial charge < -0.3 is 15.0 Å². The number of ether oxygens (including phenoxy) is 1. The van der Waals surface area contributed by atoms with Gasteiger partial charge in [-0.3, -0.25) is 4.79 Å². The average molecular weight is 428 g/mol. The van der Waals surface area contributed by atoms with Crippen LogP contribution in [0.25, 0.3) is 11.1 Å². The van der Waals surface area contributed by atoms with E-state index in [9.17, 15) is 18.0 Å². The van der Waals surface area contributed by atoms with Gasteiger partial charge in [0.05, 0.1) is 11.7 Å². The summed E-state index contributed by atoms with van der Waals surface area (Å²) in [6, 6.07) is 9.16. The van der Waals surface area contributed by atoms with Crippen molar-refractivity contribution >= 4 is 24.8 Å². The molecule has 3 rings (SSSR count). The molecule has 0 radical (unpaired) electrons. The first-order valence-corrected chi connectivity index (χ1v) is 11.2. The lowest BCUT2D eigenvalue weighted by Crippen LogP contribution is -2.36. The predicted molar refractivity (Wildman–Crippen MR) is 107 cm³/mol. The second-order valence-electron chi connectivity index (χ2n) is 6.85. The van der Waals surface area contributed by atoms with Gasteiger partial charge in [0.1, 0.15) is 0 Å². The van der Waals surface area contributed by atoms with Crippen LogP contribution in [0.3, 0.4) is 0 Å². The van der Waals surface area contributed by atoms with Crippen LogP contribution < -0.4 is 20.3 Å². The van der Waals surface area contributed by atoms with Crippen LogP contribution in [0, 0.1) is 5.82 Å². The zero-order valence-corrected chi connectivity index (χ0v) is 17.1. The van der Waals surface area contributed by atoms with Crippen molar-refractivity contribution in [3.63, 3.8) is 0 Å². The maximum Gasteiger partial charge on any atom is 0.573 e. The number of carbonyl (C=O) groups is 1. The second kappa shape index (κ2) is 8.28. The smallest absolute Gasteiger partial charge is 0.402 e. The van der Waals surface area contributed by atoms with Crippen molar-refractivity contribution in [2.24, 2.45) is 0 Å². The fraction of sp³-hybridized carbons (Fsp3) is 0.350. The molecule has 0 aromatic heterocycles. The fourth-order valence-corrected chi connectivity index (χ4v) is 4.52. The van der Waals surface area contributed by atoms with Gasteiger partial charge in [-0.2, -0.15) is 0 Å². The molecule has 0 aliphatic carbocycles. The van der Waals surface area contributed by atoms with Gasteiger partial charge in [-0.1, -0.05) is 32.2 Å². The molecule has 1 atom stereocenters. The van der Waals surface area contributed by atoms with Gasteiger partial charge in [0.25, 0.3) is 0 Å². The molecule has 4 nitrogen and oxygen atoms in total. The number of rotatable bonds is 5. The SMILES string of the molecule is CNC1CCN(c2ccc(-c3ccccc3P(C)C)c(OC(F)(F)F)c2F)C1=O. The van der Waals surface area contributed by atoms with Crippen LogP contribution in [0.4, 0.5) is 23.2 Å². The summed E-state index contributed by atoms with van der Waals surface area (Å²) in [7, 11) is 0.947. The minimum Gasteiger partial charge on any atom is -0.402 e. The van der Waals surface area contributed by atoms with E-state index in [1.165, 1.54) is 12.1 Å². The van der Waals surface area contributed by atoms with Gasteiger partial charge in [-0.15, -0.1) is 13.2 Å². The first-order valence-electron chi connectivity index (χ1n) is 8.97. The number of nitrogens with one attached hydrogen (secondary N) is 1. The quantitative estimate of drug-likeness (QED) is 0.577. The van der Waals surface area contributed by atoms with Crippen LogP contribution in [-0.2, 0) is 4.79 Å². The minimum atomic E-state index is -5.07. The van der Waals surface area contributed by atoms with Crippen molar-refractivity contribution in [1.29, 1.82) is 0 Å².